The van der Waals surface area contributed by atoms with Gasteiger partial charge in [-0.3, -0.25) is 0 Å². The Balaban J connectivity index is 2.29. The van der Waals surface area contributed by atoms with Gasteiger partial charge in [0.05, 0.1) is 0 Å². The molecule has 0 spiro atoms. The normalized spacial score (nSPS) is 15.1. The van der Waals surface area contributed by atoms with Crippen LogP contribution < -0.4 is 4.90 Å². The van der Waals surface area contributed by atoms with Gasteiger partial charge in [0, 0.05) is 19.3 Å². The number of nitrogens with zero attached hydrogens (tertiary/aromatic N) is 2. The first-order valence-corrected chi connectivity index (χ1v) is 5.39. The summed E-state index contributed by atoms with van der Waals surface area (Å²) in [6, 6.07) is 4.13. The Bertz CT molecular complexity index is 397. The van der Waals surface area contributed by atoms with Crippen molar-refractivity contribution in [2.75, 3.05) is 18.0 Å². The smallest absolute Gasteiger partial charge is 0.129 e. The summed E-state index contributed by atoms with van der Waals surface area (Å²) >= 11 is 0. The molecule has 1 saturated heterocycles. The Morgan fingerprint density at radius 1 is 1.47 bits per heavy atom. The monoisotopic (exact) mass is 200 g/mol. The first kappa shape index (κ1) is 10.0. The van der Waals surface area contributed by atoms with Crippen LogP contribution >= 0.6 is 0 Å². The SMILES string of the molecule is C=C=C(C)c1ccnc(N2CCCC2)c1. The zero-order valence-electron chi connectivity index (χ0n) is 9.16. The van der Waals surface area contributed by atoms with Crippen LogP contribution in [0.2, 0.25) is 0 Å². The van der Waals surface area contributed by atoms with E-state index in [1.807, 2.05) is 19.2 Å². The van der Waals surface area contributed by atoms with Gasteiger partial charge in [-0.2, -0.15) is 0 Å². The number of pyridine rings is 1. The van der Waals surface area contributed by atoms with Gasteiger partial charge in [0.1, 0.15) is 5.82 Å². The fraction of sp³-hybridized carbons (Fsp3) is 0.385. The predicted molar refractivity (Wildman–Crippen MR) is 63.9 cm³/mol. The lowest BCUT2D eigenvalue weighted by atomic mass is 10.1. The van der Waals surface area contributed by atoms with E-state index in [1.165, 1.54) is 18.4 Å². The Kier molecular flexibility index (Phi) is 2.89. The van der Waals surface area contributed by atoms with Gasteiger partial charge in [0.2, 0.25) is 0 Å². The Labute approximate surface area is 90.9 Å². The van der Waals surface area contributed by atoms with Crippen molar-refractivity contribution in [2.24, 2.45) is 0 Å². The first-order valence-electron chi connectivity index (χ1n) is 5.39. The van der Waals surface area contributed by atoms with E-state index in [4.69, 9.17) is 0 Å². The molecular formula is C13H16N2. The first-order chi connectivity index (χ1) is 7.31. The molecule has 0 atom stereocenters. The van der Waals surface area contributed by atoms with Gasteiger partial charge >= 0.3 is 0 Å². The molecule has 0 saturated carbocycles. The molecule has 78 valence electrons. The topological polar surface area (TPSA) is 16.1 Å². The van der Waals surface area contributed by atoms with Gasteiger partial charge in [0.15, 0.2) is 0 Å². The molecule has 1 aliphatic heterocycles. The minimum absolute atomic E-state index is 1.08. The summed E-state index contributed by atoms with van der Waals surface area (Å²) in [5, 5.41) is 0. The fourth-order valence-electron chi connectivity index (χ4n) is 1.87. The quantitative estimate of drug-likeness (QED) is 0.682. The van der Waals surface area contributed by atoms with Crippen LogP contribution in [0.1, 0.15) is 25.3 Å². The van der Waals surface area contributed by atoms with Gasteiger partial charge in [0.25, 0.3) is 0 Å². The van der Waals surface area contributed by atoms with Crippen molar-refractivity contribution in [3.8, 4) is 0 Å². The largest absolute Gasteiger partial charge is 0.357 e. The molecule has 1 aliphatic rings. The Morgan fingerprint density at radius 3 is 2.87 bits per heavy atom. The highest BCUT2D eigenvalue weighted by Crippen LogP contribution is 2.21. The summed E-state index contributed by atoms with van der Waals surface area (Å²) < 4.78 is 0. The van der Waals surface area contributed by atoms with Crippen molar-refractivity contribution in [1.29, 1.82) is 0 Å². The van der Waals surface area contributed by atoms with E-state index in [2.05, 4.69) is 28.3 Å². The van der Waals surface area contributed by atoms with Crippen molar-refractivity contribution in [3.05, 3.63) is 36.2 Å². The molecule has 2 heteroatoms. The van der Waals surface area contributed by atoms with Crippen LogP contribution in [0.5, 0.6) is 0 Å². The van der Waals surface area contributed by atoms with Crippen LogP contribution in [-0.4, -0.2) is 18.1 Å². The molecule has 2 heterocycles. The lowest BCUT2D eigenvalue weighted by Crippen LogP contribution is -2.18. The number of allylic oxidation sites excluding steroid dienone is 1. The molecule has 2 rings (SSSR count). The lowest BCUT2D eigenvalue weighted by Gasteiger charge is -2.16. The Morgan fingerprint density at radius 2 is 2.20 bits per heavy atom. The third-order valence-electron chi connectivity index (χ3n) is 2.87. The second kappa shape index (κ2) is 4.33. The van der Waals surface area contributed by atoms with E-state index in [-0.39, 0.29) is 0 Å². The van der Waals surface area contributed by atoms with E-state index < -0.39 is 0 Å². The summed E-state index contributed by atoms with van der Waals surface area (Å²) in [5.41, 5.74) is 5.17. The maximum atomic E-state index is 4.40. The number of hydrogen-bond acceptors (Lipinski definition) is 2. The Hall–Kier alpha value is -1.53. The molecule has 0 radical (unpaired) electrons. The maximum absolute atomic E-state index is 4.40. The second-order valence-electron chi connectivity index (χ2n) is 3.90. The van der Waals surface area contributed by atoms with Crippen LogP contribution in [0.4, 0.5) is 5.82 Å². The molecule has 0 aliphatic carbocycles. The van der Waals surface area contributed by atoms with E-state index in [1.54, 1.807) is 0 Å². The van der Waals surface area contributed by atoms with Crippen LogP contribution in [0.25, 0.3) is 5.57 Å². The molecule has 0 bridgehead atoms. The minimum Gasteiger partial charge on any atom is -0.357 e. The highest BCUT2D eigenvalue weighted by atomic mass is 15.2. The molecule has 1 aromatic heterocycles. The zero-order chi connectivity index (χ0) is 10.7. The molecule has 1 aromatic rings. The van der Waals surface area contributed by atoms with Crippen molar-refractivity contribution in [1.82, 2.24) is 4.98 Å². The average molecular weight is 200 g/mol. The minimum atomic E-state index is 1.08. The third-order valence-corrected chi connectivity index (χ3v) is 2.87. The van der Waals surface area contributed by atoms with E-state index in [0.29, 0.717) is 0 Å². The van der Waals surface area contributed by atoms with E-state index >= 15 is 0 Å². The van der Waals surface area contributed by atoms with Crippen LogP contribution in [0, 0.1) is 0 Å². The van der Waals surface area contributed by atoms with Crippen molar-refractivity contribution < 1.29 is 0 Å². The molecule has 0 unspecified atom stereocenters. The van der Waals surface area contributed by atoms with Gasteiger partial charge in [-0.25, -0.2) is 4.98 Å². The van der Waals surface area contributed by atoms with Gasteiger partial charge in [-0.05, 0) is 43.0 Å². The summed E-state index contributed by atoms with van der Waals surface area (Å²) in [5.74, 6) is 1.08. The lowest BCUT2D eigenvalue weighted by molar-refractivity contribution is 0.937. The average Bonchev–Trinajstić information content (AvgIpc) is 2.82. The molecule has 2 nitrogen and oxygen atoms in total. The van der Waals surface area contributed by atoms with Crippen LogP contribution in [0.3, 0.4) is 0 Å². The summed E-state index contributed by atoms with van der Waals surface area (Å²) in [6.07, 6.45) is 4.42. The molecule has 1 fully saturated rings. The third kappa shape index (κ3) is 2.11. The van der Waals surface area contributed by atoms with Crippen LogP contribution in [0.15, 0.2) is 30.6 Å². The summed E-state index contributed by atoms with van der Waals surface area (Å²) in [4.78, 5) is 6.74. The van der Waals surface area contributed by atoms with E-state index in [9.17, 15) is 0 Å². The molecule has 0 N–H and O–H groups in total. The summed E-state index contributed by atoms with van der Waals surface area (Å²) in [6.45, 7) is 7.96. The van der Waals surface area contributed by atoms with E-state index in [0.717, 1.165) is 24.5 Å². The molecular weight excluding hydrogens is 184 g/mol. The predicted octanol–water partition coefficient (Wildman–Crippen LogP) is 2.87. The summed E-state index contributed by atoms with van der Waals surface area (Å²) in [7, 11) is 0. The molecule has 0 aromatic carbocycles. The molecule has 15 heavy (non-hydrogen) atoms. The highest BCUT2D eigenvalue weighted by molar-refractivity contribution is 5.65. The highest BCUT2D eigenvalue weighted by Gasteiger charge is 2.13. The van der Waals surface area contributed by atoms with Crippen LogP contribution in [-0.2, 0) is 0 Å². The van der Waals surface area contributed by atoms with Gasteiger partial charge < -0.3 is 4.90 Å². The van der Waals surface area contributed by atoms with Gasteiger partial charge in [-0.15, -0.1) is 5.73 Å². The fourth-order valence-corrected chi connectivity index (χ4v) is 1.87. The van der Waals surface area contributed by atoms with Crippen molar-refractivity contribution >= 4 is 11.4 Å². The number of hydrogen-bond donors (Lipinski definition) is 0. The number of rotatable bonds is 2. The van der Waals surface area contributed by atoms with Crippen molar-refractivity contribution in [2.45, 2.75) is 19.8 Å². The van der Waals surface area contributed by atoms with Crippen molar-refractivity contribution in [3.63, 3.8) is 0 Å². The number of aromatic nitrogens is 1. The van der Waals surface area contributed by atoms with Gasteiger partial charge in [-0.1, -0.05) is 6.58 Å². The zero-order valence-corrected chi connectivity index (χ0v) is 9.16. The molecule has 0 amide bonds. The number of anilines is 1. The maximum Gasteiger partial charge on any atom is 0.129 e. The second-order valence-corrected chi connectivity index (χ2v) is 3.90. The standard InChI is InChI=1S/C13H16N2/c1-3-11(2)12-6-7-14-13(10-12)15-8-4-5-9-15/h6-7,10H,1,4-5,8-9H2,2H3.